The van der Waals surface area contributed by atoms with Gasteiger partial charge in [-0.3, -0.25) is 5.43 Å². The van der Waals surface area contributed by atoms with Gasteiger partial charge in [0.2, 0.25) is 0 Å². The Morgan fingerprint density at radius 1 is 1.21 bits per heavy atom. The van der Waals surface area contributed by atoms with Crippen molar-refractivity contribution in [3.63, 3.8) is 0 Å². The van der Waals surface area contributed by atoms with E-state index in [9.17, 15) is 0 Å². The number of benzene rings is 2. The van der Waals surface area contributed by atoms with E-state index in [2.05, 4.69) is 26.5 Å². The fourth-order valence-corrected chi connectivity index (χ4v) is 2.07. The van der Waals surface area contributed by atoms with Crippen LogP contribution in [0.5, 0.6) is 5.75 Å². The van der Waals surface area contributed by atoms with Crippen LogP contribution in [0.4, 0.5) is 5.69 Å². The highest BCUT2D eigenvalue weighted by Gasteiger charge is 2.00. The smallest absolute Gasteiger partial charge is 0.133 e. The summed E-state index contributed by atoms with van der Waals surface area (Å²) in [5.74, 6) is 0.843. The lowest BCUT2D eigenvalue weighted by atomic mass is 10.2. The summed E-state index contributed by atoms with van der Waals surface area (Å²) in [5.41, 5.74) is 4.94. The minimum atomic E-state index is 0.654. The van der Waals surface area contributed by atoms with Gasteiger partial charge >= 0.3 is 0 Å². The van der Waals surface area contributed by atoms with Crippen LogP contribution in [0.15, 0.2) is 58.1 Å². The monoisotopic (exact) mass is 318 g/mol. The van der Waals surface area contributed by atoms with Crippen molar-refractivity contribution in [3.8, 4) is 5.75 Å². The third-order valence-electron chi connectivity index (χ3n) is 2.44. The number of hydrogen-bond donors (Lipinski definition) is 1. The van der Waals surface area contributed by atoms with Crippen LogP contribution in [0.25, 0.3) is 0 Å². The Kier molecular flexibility index (Phi) is 4.98. The molecule has 0 radical (unpaired) electrons. The van der Waals surface area contributed by atoms with Crippen LogP contribution in [0.2, 0.25) is 0 Å². The Labute approximate surface area is 121 Å². The first-order valence-electron chi connectivity index (χ1n) is 6.06. The van der Waals surface area contributed by atoms with E-state index in [0.717, 1.165) is 21.5 Å². The molecule has 98 valence electrons. The average molecular weight is 319 g/mol. The summed E-state index contributed by atoms with van der Waals surface area (Å²) in [7, 11) is 0. The first-order chi connectivity index (χ1) is 9.29. The van der Waals surface area contributed by atoms with Gasteiger partial charge in [0.05, 0.1) is 23.0 Å². The molecule has 4 heteroatoms. The molecule has 2 rings (SSSR count). The molecule has 19 heavy (non-hydrogen) atoms. The van der Waals surface area contributed by atoms with Crippen molar-refractivity contribution in [2.45, 2.75) is 6.92 Å². The van der Waals surface area contributed by atoms with Crippen LogP contribution < -0.4 is 10.2 Å². The molecule has 0 saturated heterocycles. The molecule has 0 spiro atoms. The molecule has 0 atom stereocenters. The van der Waals surface area contributed by atoms with Crippen LogP contribution in [0, 0.1) is 0 Å². The lowest BCUT2D eigenvalue weighted by molar-refractivity contribution is 0.338. The number of halogens is 1. The van der Waals surface area contributed by atoms with Gasteiger partial charge in [-0.05, 0) is 58.7 Å². The molecule has 1 N–H and O–H groups in total. The molecular weight excluding hydrogens is 304 g/mol. The molecule has 0 amide bonds. The van der Waals surface area contributed by atoms with Gasteiger partial charge in [0.15, 0.2) is 0 Å². The van der Waals surface area contributed by atoms with Crippen LogP contribution >= 0.6 is 15.9 Å². The summed E-state index contributed by atoms with van der Waals surface area (Å²) in [4.78, 5) is 0. The second-order valence-electron chi connectivity index (χ2n) is 3.86. The van der Waals surface area contributed by atoms with Crippen molar-refractivity contribution >= 4 is 27.8 Å². The molecule has 3 nitrogen and oxygen atoms in total. The Bertz CT molecular complexity index is 555. The molecule has 0 bridgehead atoms. The van der Waals surface area contributed by atoms with E-state index in [-0.39, 0.29) is 0 Å². The van der Waals surface area contributed by atoms with Crippen LogP contribution in [-0.2, 0) is 0 Å². The van der Waals surface area contributed by atoms with E-state index in [1.165, 1.54) is 0 Å². The van der Waals surface area contributed by atoms with Gasteiger partial charge in [-0.15, -0.1) is 0 Å². The first kappa shape index (κ1) is 13.6. The van der Waals surface area contributed by atoms with E-state index < -0.39 is 0 Å². The molecule has 0 heterocycles. The van der Waals surface area contributed by atoms with Gasteiger partial charge in [-0.25, -0.2) is 0 Å². The van der Waals surface area contributed by atoms with Crippen molar-refractivity contribution < 1.29 is 4.74 Å². The lowest BCUT2D eigenvalue weighted by Crippen LogP contribution is -1.94. The molecule has 0 aliphatic heterocycles. The van der Waals surface area contributed by atoms with Crippen LogP contribution in [-0.4, -0.2) is 12.8 Å². The number of nitrogens with zero attached hydrogens (tertiary/aromatic N) is 1. The zero-order valence-electron chi connectivity index (χ0n) is 10.6. The topological polar surface area (TPSA) is 33.6 Å². The first-order valence-corrected chi connectivity index (χ1v) is 6.85. The number of hydrazone groups is 1. The lowest BCUT2D eigenvalue weighted by Gasteiger charge is -2.05. The summed E-state index contributed by atoms with van der Waals surface area (Å²) in [5, 5.41) is 4.19. The van der Waals surface area contributed by atoms with Gasteiger partial charge in [0.25, 0.3) is 0 Å². The molecular formula is C15H15BrN2O. The second kappa shape index (κ2) is 6.95. The van der Waals surface area contributed by atoms with Gasteiger partial charge in [-0.1, -0.05) is 18.2 Å². The average Bonchev–Trinajstić information content (AvgIpc) is 2.43. The largest absolute Gasteiger partial charge is 0.493 e. The molecule has 0 unspecified atom stereocenters. The molecule has 0 fully saturated rings. The van der Waals surface area contributed by atoms with E-state index in [4.69, 9.17) is 4.74 Å². The van der Waals surface area contributed by atoms with Crippen LogP contribution in [0.1, 0.15) is 12.5 Å². The van der Waals surface area contributed by atoms with Gasteiger partial charge in [-0.2, -0.15) is 5.10 Å². The minimum Gasteiger partial charge on any atom is -0.493 e. The summed E-state index contributed by atoms with van der Waals surface area (Å²) in [6.45, 7) is 2.62. The highest BCUT2D eigenvalue weighted by molar-refractivity contribution is 9.10. The number of anilines is 1. The number of ether oxygens (including phenoxy) is 1. The Morgan fingerprint density at radius 2 is 2.00 bits per heavy atom. The molecule has 0 saturated carbocycles. The standard InChI is InChI=1S/C15H15BrN2O/c1-2-19-15-9-8-12(10-14(15)16)11-17-18-13-6-4-3-5-7-13/h3-11,18H,2H2,1H3. The van der Waals surface area contributed by atoms with Gasteiger partial charge in [0.1, 0.15) is 5.75 Å². The highest BCUT2D eigenvalue weighted by atomic mass is 79.9. The Morgan fingerprint density at radius 3 is 2.68 bits per heavy atom. The van der Waals surface area contributed by atoms with E-state index >= 15 is 0 Å². The van der Waals surface area contributed by atoms with Gasteiger partial charge in [0, 0.05) is 0 Å². The second-order valence-corrected chi connectivity index (χ2v) is 4.71. The molecule has 2 aromatic carbocycles. The molecule has 0 aromatic heterocycles. The summed E-state index contributed by atoms with van der Waals surface area (Å²) in [6, 6.07) is 15.7. The fourth-order valence-electron chi connectivity index (χ4n) is 1.56. The zero-order valence-corrected chi connectivity index (χ0v) is 12.2. The molecule has 0 aliphatic rings. The highest BCUT2D eigenvalue weighted by Crippen LogP contribution is 2.25. The van der Waals surface area contributed by atoms with Crippen molar-refractivity contribution in [1.29, 1.82) is 0 Å². The van der Waals surface area contributed by atoms with Crippen molar-refractivity contribution in [3.05, 3.63) is 58.6 Å². The summed E-state index contributed by atoms with van der Waals surface area (Å²) < 4.78 is 6.39. The fraction of sp³-hybridized carbons (Fsp3) is 0.133. The predicted octanol–water partition coefficient (Wildman–Crippen LogP) is 4.29. The summed E-state index contributed by atoms with van der Waals surface area (Å²) in [6.07, 6.45) is 1.77. The minimum absolute atomic E-state index is 0.654. The number of nitrogens with one attached hydrogen (secondary N) is 1. The van der Waals surface area contributed by atoms with E-state index in [1.807, 2.05) is 55.5 Å². The Hall–Kier alpha value is -1.81. The van der Waals surface area contributed by atoms with Crippen molar-refractivity contribution in [1.82, 2.24) is 0 Å². The van der Waals surface area contributed by atoms with E-state index in [1.54, 1.807) is 6.21 Å². The maximum absolute atomic E-state index is 5.46. The van der Waals surface area contributed by atoms with Gasteiger partial charge < -0.3 is 4.74 Å². The normalized spacial score (nSPS) is 10.6. The number of rotatable bonds is 5. The SMILES string of the molecule is CCOc1ccc(C=NNc2ccccc2)cc1Br. The predicted molar refractivity (Wildman–Crippen MR) is 83.0 cm³/mol. The number of para-hydroxylation sites is 1. The molecule has 2 aromatic rings. The third-order valence-corrected chi connectivity index (χ3v) is 3.06. The summed E-state index contributed by atoms with van der Waals surface area (Å²) >= 11 is 3.48. The molecule has 0 aliphatic carbocycles. The van der Waals surface area contributed by atoms with Crippen LogP contribution in [0.3, 0.4) is 0 Å². The Balaban J connectivity index is 2.01. The van der Waals surface area contributed by atoms with E-state index in [0.29, 0.717) is 6.61 Å². The third kappa shape index (κ3) is 4.10. The van der Waals surface area contributed by atoms with Crippen molar-refractivity contribution in [2.24, 2.45) is 5.10 Å². The maximum atomic E-state index is 5.46. The maximum Gasteiger partial charge on any atom is 0.133 e. The quantitative estimate of drug-likeness (QED) is 0.659. The van der Waals surface area contributed by atoms with Crippen molar-refractivity contribution in [2.75, 3.05) is 12.0 Å². The zero-order chi connectivity index (χ0) is 13.5. The number of hydrogen-bond acceptors (Lipinski definition) is 3.